The molecule has 0 unspecified atom stereocenters. The maximum Gasteiger partial charge on any atom is 0.336 e. The van der Waals surface area contributed by atoms with Crippen molar-refractivity contribution < 1.29 is 34.8 Å². The van der Waals surface area contributed by atoms with Crippen LogP contribution in [0.4, 0.5) is 0 Å². The number of aliphatic carboxylic acids is 3. The molecule has 7 heteroatoms. The Hall–Kier alpha value is -2.07. The van der Waals surface area contributed by atoms with Crippen LogP contribution in [0, 0.1) is 12.8 Å². The first kappa shape index (κ1) is 15.4. The molecule has 7 nitrogen and oxygen atoms in total. The Morgan fingerprint density at radius 1 is 0.933 bits per heavy atom. The van der Waals surface area contributed by atoms with Gasteiger partial charge in [0.2, 0.25) is 0 Å². The zero-order chi connectivity index (χ0) is 12.6. The van der Waals surface area contributed by atoms with Gasteiger partial charge in [0, 0.05) is 0 Å². The van der Waals surface area contributed by atoms with Crippen molar-refractivity contribution >= 4 is 17.9 Å². The van der Waals surface area contributed by atoms with Crippen molar-refractivity contribution in [3.63, 3.8) is 0 Å². The van der Waals surface area contributed by atoms with Gasteiger partial charge in [0.1, 0.15) is 0 Å². The standard InChI is InChI=1S/C6H8O7.C2H2/c7-3(8)1-6(13,5(11)12)2-4(9)10;1-2/h13H,1-2H2,(H,7,8)(H,9,10)(H,11,12);1-2H. The van der Waals surface area contributed by atoms with E-state index in [9.17, 15) is 14.4 Å². The van der Waals surface area contributed by atoms with Crippen LogP contribution in [0.15, 0.2) is 0 Å². The van der Waals surface area contributed by atoms with E-state index in [-0.39, 0.29) is 0 Å². The summed E-state index contributed by atoms with van der Waals surface area (Å²) in [7, 11) is 0. The van der Waals surface area contributed by atoms with E-state index in [1.54, 1.807) is 0 Å². The van der Waals surface area contributed by atoms with Crippen molar-refractivity contribution in [2.45, 2.75) is 18.4 Å². The molecule has 0 aromatic rings. The van der Waals surface area contributed by atoms with E-state index in [0.717, 1.165) is 0 Å². The van der Waals surface area contributed by atoms with Gasteiger partial charge < -0.3 is 20.4 Å². The first-order valence-corrected chi connectivity index (χ1v) is 3.50. The molecule has 0 bridgehead atoms. The molecule has 0 radical (unpaired) electrons. The maximum absolute atomic E-state index is 10.3. The first-order valence-electron chi connectivity index (χ1n) is 3.50. The predicted octanol–water partition coefficient (Wildman–Crippen LogP) is -0.999. The lowest BCUT2D eigenvalue weighted by Crippen LogP contribution is -2.42. The number of hydrogen-bond acceptors (Lipinski definition) is 4. The van der Waals surface area contributed by atoms with Crippen LogP contribution in [0.2, 0.25) is 0 Å². The third kappa shape index (κ3) is 6.06. The number of carboxylic acid groups (broad SMARTS) is 3. The van der Waals surface area contributed by atoms with E-state index in [2.05, 4.69) is 12.8 Å². The molecular weight excluding hydrogens is 208 g/mol. The van der Waals surface area contributed by atoms with Crippen LogP contribution in [0.5, 0.6) is 0 Å². The Kier molecular flexibility index (Phi) is 6.57. The van der Waals surface area contributed by atoms with Gasteiger partial charge in [-0.2, -0.15) is 0 Å². The van der Waals surface area contributed by atoms with Crippen molar-refractivity contribution in [3.05, 3.63) is 0 Å². The molecule has 0 atom stereocenters. The Labute approximate surface area is 85.0 Å². The van der Waals surface area contributed by atoms with E-state index >= 15 is 0 Å². The molecular formula is C8H10O7. The second kappa shape index (κ2) is 6.39. The van der Waals surface area contributed by atoms with Crippen LogP contribution in [0.3, 0.4) is 0 Å². The summed E-state index contributed by atoms with van der Waals surface area (Å²) >= 11 is 0. The molecule has 0 saturated carbocycles. The zero-order valence-electron chi connectivity index (χ0n) is 7.58. The first-order chi connectivity index (χ1) is 6.78. The molecule has 0 aromatic carbocycles. The lowest BCUT2D eigenvalue weighted by molar-refractivity contribution is -0.170. The summed E-state index contributed by atoms with van der Waals surface area (Å²) in [5.41, 5.74) is -2.74. The van der Waals surface area contributed by atoms with Crippen LogP contribution in [0.1, 0.15) is 12.8 Å². The summed E-state index contributed by atoms with van der Waals surface area (Å²) < 4.78 is 0. The highest BCUT2D eigenvalue weighted by Crippen LogP contribution is 2.15. The van der Waals surface area contributed by atoms with Crippen molar-refractivity contribution in [2.24, 2.45) is 0 Å². The largest absolute Gasteiger partial charge is 0.481 e. The minimum atomic E-state index is -2.74. The van der Waals surface area contributed by atoms with Gasteiger partial charge in [-0.3, -0.25) is 9.59 Å². The monoisotopic (exact) mass is 218 g/mol. The van der Waals surface area contributed by atoms with Crippen molar-refractivity contribution in [2.75, 3.05) is 0 Å². The van der Waals surface area contributed by atoms with Crippen molar-refractivity contribution in [1.29, 1.82) is 0 Å². The fourth-order valence-corrected chi connectivity index (χ4v) is 0.714. The number of carboxylic acids is 3. The minimum absolute atomic E-state index is 1.14. The lowest BCUT2D eigenvalue weighted by atomic mass is 9.96. The van der Waals surface area contributed by atoms with Gasteiger partial charge in [-0.05, 0) is 0 Å². The zero-order valence-corrected chi connectivity index (χ0v) is 7.58. The van der Waals surface area contributed by atoms with Gasteiger partial charge in [0.25, 0.3) is 0 Å². The summed E-state index contributed by atoms with van der Waals surface area (Å²) in [6.07, 6.45) is 5.71. The fraction of sp³-hybridized carbons (Fsp3) is 0.375. The highest BCUT2D eigenvalue weighted by molar-refractivity contribution is 5.88. The summed E-state index contributed by atoms with van der Waals surface area (Å²) in [4.78, 5) is 30.5. The molecule has 0 amide bonds. The van der Waals surface area contributed by atoms with Gasteiger partial charge in [0.05, 0.1) is 12.8 Å². The van der Waals surface area contributed by atoms with Crippen LogP contribution in [-0.4, -0.2) is 43.9 Å². The fourth-order valence-electron chi connectivity index (χ4n) is 0.714. The smallest absolute Gasteiger partial charge is 0.336 e. The number of hydrogen-bond donors (Lipinski definition) is 4. The van der Waals surface area contributed by atoms with Crippen molar-refractivity contribution in [3.8, 4) is 12.8 Å². The highest BCUT2D eigenvalue weighted by Gasteiger charge is 2.40. The minimum Gasteiger partial charge on any atom is -0.481 e. The third-order valence-electron chi connectivity index (χ3n) is 1.29. The van der Waals surface area contributed by atoms with Crippen LogP contribution >= 0.6 is 0 Å². The summed E-state index contributed by atoms with van der Waals surface area (Å²) in [6.45, 7) is 0. The van der Waals surface area contributed by atoms with Gasteiger partial charge in [-0.15, -0.1) is 12.8 Å². The predicted molar refractivity (Wildman–Crippen MR) is 47.0 cm³/mol. The van der Waals surface area contributed by atoms with Crippen molar-refractivity contribution in [1.82, 2.24) is 0 Å². The second-order valence-electron chi connectivity index (χ2n) is 2.48. The molecule has 0 spiro atoms. The summed E-state index contributed by atoms with van der Waals surface area (Å²) in [6, 6.07) is 0. The molecule has 0 aromatic heterocycles. The Bertz CT molecular complexity index is 262. The maximum atomic E-state index is 10.3. The highest BCUT2D eigenvalue weighted by atomic mass is 16.4. The number of aliphatic hydroxyl groups is 1. The number of terminal acetylenes is 1. The molecule has 0 aliphatic rings. The normalized spacial score (nSPS) is 9.53. The Morgan fingerprint density at radius 3 is 1.33 bits per heavy atom. The molecule has 4 N–H and O–H groups in total. The van der Waals surface area contributed by atoms with E-state index in [1.807, 2.05) is 0 Å². The van der Waals surface area contributed by atoms with E-state index in [0.29, 0.717) is 0 Å². The molecule has 0 fully saturated rings. The summed E-state index contributed by atoms with van der Waals surface area (Å²) in [5, 5.41) is 33.8. The summed E-state index contributed by atoms with van der Waals surface area (Å²) in [5.74, 6) is -5.02. The molecule has 0 heterocycles. The molecule has 84 valence electrons. The van der Waals surface area contributed by atoms with E-state index in [4.69, 9.17) is 20.4 Å². The average molecular weight is 218 g/mol. The number of rotatable bonds is 5. The molecule has 0 saturated heterocycles. The molecule has 0 aliphatic heterocycles. The van der Waals surface area contributed by atoms with Crippen LogP contribution < -0.4 is 0 Å². The molecule has 0 rings (SSSR count). The van der Waals surface area contributed by atoms with Gasteiger partial charge in [-0.25, -0.2) is 4.79 Å². The van der Waals surface area contributed by atoms with E-state index < -0.39 is 36.4 Å². The third-order valence-corrected chi connectivity index (χ3v) is 1.29. The molecule has 0 aliphatic carbocycles. The van der Waals surface area contributed by atoms with Crippen LogP contribution in [0.25, 0.3) is 0 Å². The van der Waals surface area contributed by atoms with Crippen LogP contribution in [-0.2, 0) is 14.4 Å². The lowest BCUT2D eigenvalue weighted by Gasteiger charge is -2.18. The number of carbonyl (C=O) groups is 3. The van der Waals surface area contributed by atoms with Gasteiger partial charge in [-0.1, -0.05) is 0 Å². The average Bonchev–Trinajstić information content (AvgIpc) is 2.04. The van der Waals surface area contributed by atoms with Gasteiger partial charge >= 0.3 is 17.9 Å². The second-order valence-corrected chi connectivity index (χ2v) is 2.48. The SMILES string of the molecule is C#C.O=C(O)CC(O)(CC(=O)O)C(=O)O. The van der Waals surface area contributed by atoms with E-state index in [1.165, 1.54) is 0 Å². The Balaban J connectivity index is 0. The topological polar surface area (TPSA) is 132 Å². The molecule has 15 heavy (non-hydrogen) atoms. The Morgan fingerprint density at radius 2 is 1.20 bits per heavy atom. The quantitative estimate of drug-likeness (QED) is 0.435. The van der Waals surface area contributed by atoms with Gasteiger partial charge in [0.15, 0.2) is 5.60 Å².